The quantitative estimate of drug-likeness (QED) is 0.165. The largest absolute Gasteiger partial charge is 0.490 e. The van der Waals surface area contributed by atoms with Crippen LogP contribution in [0.3, 0.4) is 0 Å². The number of hydrogen-bond acceptors (Lipinski definition) is 13. The second-order valence-corrected chi connectivity index (χ2v) is 9.74. The van der Waals surface area contributed by atoms with Gasteiger partial charge >= 0.3 is 29.2 Å². The number of aliphatic hydroxyl groups excluding tert-OH is 2. The highest BCUT2D eigenvalue weighted by Crippen LogP contribution is 2.66. The van der Waals surface area contributed by atoms with E-state index in [4.69, 9.17) is 19.4 Å². The molecular weight excluding hydrogens is 485 g/mol. The van der Waals surface area contributed by atoms with Crippen LogP contribution in [0.15, 0.2) is 15.8 Å². The first-order chi connectivity index (χ1) is 13.1. The second kappa shape index (κ2) is 9.56. The summed E-state index contributed by atoms with van der Waals surface area (Å²) < 4.78 is 50.2. The van der Waals surface area contributed by atoms with Crippen molar-refractivity contribution >= 4 is 23.5 Å². The van der Waals surface area contributed by atoms with Crippen molar-refractivity contribution < 1.29 is 61.4 Å². The molecule has 0 spiro atoms. The molecule has 1 aliphatic heterocycles. The molecule has 22 heteroatoms. The average molecular weight is 502 g/mol. The van der Waals surface area contributed by atoms with Crippen LogP contribution in [0.1, 0.15) is 6.23 Å². The maximum Gasteiger partial charge on any atom is 0.490 e. The van der Waals surface area contributed by atoms with Crippen LogP contribution in [-0.4, -0.2) is 69.5 Å². The smallest absolute Gasteiger partial charge is 0.387 e. The van der Waals surface area contributed by atoms with Crippen LogP contribution in [0.25, 0.3) is 0 Å². The highest BCUT2D eigenvalue weighted by molar-refractivity contribution is 7.66. The van der Waals surface area contributed by atoms with E-state index in [0.29, 0.717) is 10.9 Å². The van der Waals surface area contributed by atoms with Gasteiger partial charge in [-0.05, 0) is 0 Å². The lowest BCUT2D eigenvalue weighted by atomic mass is 10.1. The molecule has 0 radical (unpaired) electrons. The number of aromatic nitrogens is 3. The Labute approximate surface area is 164 Å². The van der Waals surface area contributed by atoms with Crippen LogP contribution >= 0.6 is 23.5 Å². The van der Waals surface area contributed by atoms with E-state index in [0.717, 1.165) is 0 Å². The van der Waals surface area contributed by atoms with E-state index in [1.165, 1.54) is 0 Å². The van der Waals surface area contributed by atoms with Crippen molar-refractivity contribution in [2.75, 3.05) is 6.61 Å². The molecule has 0 bridgehead atoms. The first-order valence-corrected chi connectivity index (χ1v) is 11.6. The van der Waals surface area contributed by atoms with Crippen molar-refractivity contribution in [3.63, 3.8) is 0 Å². The van der Waals surface area contributed by atoms with Gasteiger partial charge in [-0.25, -0.2) is 18.5 Å². The molecule has 2 rings (SSSR count). The Kier molecular flexibility index (Phi) is 8.57. The summed E-state index contributed by atoms with van der Waals surface area (Å²) >= 11 is 0. The fourth-order valence-electron chi connectivity index (χ4n) is 2.08. The van der Waals surface area contributed by atoms with Crippen LogP contribution in [-0.2, 0) is 31.6 Å². The van der Waals surface area contributed by atoms with E-state index in [1.54, 1.807) is 0 Å². The minimum Gasteiger partial charge on any atom is -0.387 e. The summed E-state index contributed by atoms with van der Waals surface area (Å²) in [7, 11) is -16.8. The SMILES string of the molecule is N.O=c1cnn([C@@H]2O[C@H](COP(=O)(O)OP(=O)(O)OP(=O)(O)O)C(O)[C@@H]2O)c(=O)[nH]1. The summed E-state index contributed by atoms with van der Waals surface area (Å²) in [5, 5.41) is 23.3. The number of aliphatic hydroxyl groups is 2. The Morgan fingerprint density at radius 1 is 1.07 bits per heavy atom. The predicted octanol–water partition coefficient (Wildman–Crippen LogP) is -2.94. The fourth-order valence-corrected chi connectivity index (χ4v) is 5.11. The number of hydrogen-bond donors (Lipinski definition) is 8. The summed E-state index contributed by atoms with van der Waals surface area (Å²) in [4.78, 5) is 59.7. The van der Waals surface area contributed by atoms with E-state index in [2.05, 4.69) is 18.2 Å². The first-order valence-electron chi connectivity index (χ1n) is 7.08. The summed E-state index contributed by atoms with van der Waals surface area (Å²) in [6.07, 6.45) is -6.23. The van der Waals surface area contributed by atoms with Crippen molar-refractivity contribution in [2.45, 2.75) is 24.5 Å². The molecule has 10 N–H and O–H groups in total. The van der Waals surface area contributed by atoms with Gasteiger partial charge in [0.1, 0.15) is 24.5 Å². The van der Waals surface area contributed by atoms with Gasteiger partial charge in [-0.2, -0.15) is 18.4 Å². The molecule has 1 aromatic rings. The average Bonchev–Trinajstić information content (AvgIpc) is 2.78. The number of phosphoric acid groups is 3. The Morgan fingerprint density at radius 2 is 1.67 bits per heavy atom. The third-order valence-corrected chi connectivity index (χ3v) is 6.94. The van der Waals surface area contributed by atoms with Crippen molar-refractivity contribution in [3.05, 3.63) is 27.0 Å². The van der Waals surface area contributed by atoms with Crippen molar-refractivity contribution in [1.82, 2.24) is 20.9 Å². The number of H-pyrrole nitrogens is 1. The third kappa shape index (κ3) is 7.23. The van der Waals surface area contributed by atoms with E-state index >= 15 is 0 Å². The van der Waals surface area contributed by atoms with Crippen molar-refractivity contribution in [2.24, 2.45) is 0 Å². The molecule has 1 fully saturated rings. The van der Waals surface area contributed by atoms with Gasteiger partial charge < -0.3 is 40.7 Å². The molecule has 1 saturated heterocycles. The van der Waals surface area contributed by atoms with Crippen LogP contribution in [0.5, 0.6) is 0 Å². The van der Waals surface area contributed by atoms with Crippen molar-refractivity contribution in [3.8, 4) is 0 Å². The lowest BCUT2D eigenvalue weighted by Gasteiger charge is -2.19. The molecule has 3 unspecified atom stereocenters. The van der Waals surface area contributed by atoms with E-state index in [-0.39, 0.29) is 6.15 Å². The lowest BCUT2D eigenvalue weighted by Crippen LogP contribution is -2.39. The zero-order valence-corrected chi connectivity index (χ0v) is 17.1. The molecule has 19 nitrogen and oxygen atoms in total. The van der Waals surface area contributed by atoms with Gasteiger partial charge in [0.2, 0.25) is 0 Å². The molecule has 0 saturated carbocycles. The summed E-state index contributed by atoms with van der Waals surface area (Å²) in [6.45, 7) is -1.07. The van der Waals surface area contributed by atoms with Crippen LogP contribution < -0.4 is 17.4 Å². The standard InChI is InChI=1S/C8H14N3O15P3.H3N/c12-4-1-9-11(8(15)10-4)7-6(14)5(13)3(24-7)2-23-28(19,20)26-29(21,22)25-27(16,17)18;/h1,3,5-7,13-14H,2H2,(H,19,20)(H,21,22)(H,10,12,15)(H2,16,17,18);1H3/t3-,5?,6+,7-;/m1./s1. The van der Waals surface area contributed by atoms with Crippen LogP contribution in [0, 0.1) is 0 Å². The molecular formula is C8H17N4O15P3. The molecule has 1 aliphatic rings. The minimum absolute atomic E-state index is 0. The van der Waals surface area contributed by atoms with Gasteiger partial charge in [-0.3, -0.25) is 14.3 Å². The fraction of sp³-hybridized carbons (Fsp3) is 0.625. The molecule has 30 heavy (non-hydrogen) atoms. The Morgan fingerprint density at radius 3 is 2.20 bits per heavy atom. The van der Waals surface area contributed by atoms with Gasteiger partial charge in [-0.1, -0.05) is 0 Å². The van der Waals surface area contributed by atoms with Crippen LogP contribution in [0.4, 0.5) is 0 Å². The molecule has 1 aromatic heterocycles. The van der Waals surface area contributed by atoms with E-state index < -0.39 is 65.9 Å². The number of phosphoric ester groups is 1. The molecule has 0 amide bonds. The van der Waals surface area contributed by atoms with E-state index in [1.807, 2.05) is 4.98 Å². The minimum atomic E-state index is -5.74. The zero-order valence-electron chi connectivity index (χ0n) is 14.4. The number of nitrogens with one attached hydrogen (secondary N) is 1. The monoisotopic (exact) mass is 502 g/mol. The number of nitrogens with zero attached hydrogens (tertiary/aromatic N) is 2. The van der Waals surface area contributed by atoms with Gasteiger partial charge in [-0.15, -0.1) is 0 Å². The van der Waals surface area contributed by atoms with Crippen molar-refractivity contribution in [1.29, 1.82) is 0 Å². The normalized spacial score (nSPS) is 28.3. The Balaban J connectivity index is 0.00000450. The van der Waals surface area contributed by atoms with Gasteiger partial charge in [0, 0.05) is 0 Å². The summed E-state index contributed by atoms with van der Waals surface area (Å²) in [6, 6.07) is 0. The molecule has 0 aliphatic carbocycles. The van der Waals surface area contributed by atoms with E-state index in [9.17, 15) is 38.4 Å². The molecule has 0 aromatic carbocycles. The van der Waals surface area contributed by atoms with Gasteiger partial charge in [0.15, 0.2) is 6.23 Å². The second-order valence-electron chi connectivity index (χ2n) is 5.32. The predicted molar refractivity (Wildman–Crippen MR) is 89.9 cm³/mol. The highest BCUT2D eigenvalue weighted by Gasteiger charge is 2.47. The number of aromatic amines is 1. The summed E-state index contributed by atoms with van der Waals surface area (Å²) in [5.74, 6) is 0. The topological polar surface area (TPSA) is 312 Å². The summed E-state index contributed by atoms with van der Waals surface area (Å²) in [5.41, 5.74) is -1.97. The van der Waals surface area contributed by atoms with Gasteiger partial charge in [0.25, 0.3) is 5.56 Å². The molecule has 6 atom stereocenters. The Bertz CT molecular complexity index is 1000. The third-order valence-electron chi connectivity index (χ3n) is 3.13. The Hall–Kier alpha value is -1.14. The van der Waals surface area contributed by atoms with Crippen LogP contribution in [0.2, 0.25) is 0 Å². The first kappa shape index (κ1) is 26.9. The maximum atomic E-state index is 11.7. The lowest BCUT2D eigenvalue weighted by molar-refractivity contribution is -0.0610. The van der Waals surface area contributed by atoms with Gasteiger partial charge in [0.05, 0.1) is 6.61 Å². The molecule has 174 valence electrons. The highest BCUT2D eigenvalue weighted by atomic mass is 31.3. The number of rotatable bonds is 8. The molecule has 2 heterocycles. The maximum absolute atomic E-state index is 11.7. The zero-order chi connectivity index (χ0) is 22.2. The number of ether oxygens (including phenoxy) is 1.